The molecule has 2 aromatic rings. The first-order valence-electron chi connectivity index (χ1n) is 7.80. The van der Waals surface area contributed by atoms with Crippen molar-refractivity contribution in [1.29, 1.82) is 0 Å². The second kappa shape index (κ2) is 8.19. The fourth-order valence-corrected chi connectivity index (χ4v) is 2.30. The fraction of sp³-hybridized carbons (Fsp3) is 0.333. The first-order valence-corrected chi connectivity index (χ1v) is 7.80. The van der Waals surface area contributed by atoms with Crippen LogP contribution >= 0.6 is 0 Å². The highest BCUT2D eigenvalue weighted by Crippen LogP contribution is 2.12. The molecule has 2 rings (SSSR count). The quantitative estimate of drug-likeness (QED) is 0.854. The van der Waals surface area contributed by atoms with Crippen molar-refractivity contribution in [2.45, 2.75) is 26.9 Å². The average Bonchev–Trinajstić information content (AvgIpc) is 3.06. The normalized spacial score (nSPS) is 10.3. The van der Waals surface area contributed by atoms with E-state index >= 15 is 0 Å². The van der Waals surface area contributed by atoms with Gasteiger partial charge in [0.2, 0.25) is 5.91 Å². The number of nitrogens with zero attached hydrogens (tertiary/aromatic N) is 1. The lowest BCUT2D eigenvalue weighted by atomic mass is 10.1. The van der Waals surface area contributed by atoms with Gasteiger partial charge in [-0.15, -0.1) is 0 Å². The molecule has 0 aliphatic heterocycles. The molecule has 6 nitrogen and oxygen atoms in total. The maximum Gasteiger partial charge on any atom is 0.315 e. The van der Waals surface area contributed by atoms with Crippen LogP contribution in [-0.4, -0.2) is 30.4 Å². The van der Waals surface area contributed by atoms with Gasteiger partial charge in [0.25, 0.3) is 0 Å². The number of benzene rings is 1. The van der Waals surface area contributed by atoms with Crippen molar-refractivity contribution in [3.63, 3.8) is 0 Å². The van der Waals surface area contributed by atoms with Crippen LogP contribution in [-0.2, 0) is 17.9 Å². The van der Waals surface area contributed by atoms with Crippen molar-refractivity contribution in [3.05, 3.63) is 59.0 Å². The van der Waals surface area contributed by atoms with Crippen LogP contribution in [0.5, 0.6) is 0 Å². The molecule has 0 bridgehead atoms. The summed E-state index contributed by atoms with van der Waals surface area (Å²) in [6, 6.07) is 9.26. The number of amides is 3. The van der Waals surface area contributed by atoms with Crippen molar-refractivity contribution in [1.82, 2.24) is 15.5 Å². The van der Waals surface area contributed by atoms with Crippen molar-refractivity contribution >= 4 is 11.9 Å². The van der Waals surface area contributed by atoms with Gasteiger partial charge in [-0.05, 0) is 37.1 Å². The van der Waals surface area contributed by atoms with E-state index in [1.165, 1.54) is 5.56 Å². The van der Waals surface area contributed by atoms with Crippen LogP contribution < -0.4 is 10.6 Å². The Morgan fingerprint density at radius 3 is 2.62 bits per heavy atom. The maximum absolute atomic E-state index is 12.1. The Balaban J connectivity index is 1.75. The van der Waals surface area contributed by atoms with Gasteiger partial charge in [-0.25, -0.2) is 4.79 Å². The number of urea groups is 1. The molecular weight excluding hydrogens is 306 g/mol. The number of furan rings is 1. The highest BCUT2D eigenvalue weighted by molar-refractivity contribution is 5.83. The SMILES string of the molecule is Cc1ccc(CN(C)C(=O)CNC(=O)NCc2ccco2)c(C)c1. The molecule has 0 fully saturated rings. The van der Waals surface area contributed by atoms with Gasteiger partial charge in [0, 0.05) is 13.6 Å². The Labute approximate surface area is 141 Å². The number of nitrogens with one attached hydrogen (secondary N) is 2. The monoisotopic (exact) mass is 329 g/mol. The summed E-state index contributed by atoms with van der Waals surface area (Å²) in [6.45, 7) is 4.81. The standard InChI is InChI=1S/C18H23N3O3/c1-13-6-7-15(14(2)9-13)12-21(3)17(22)11-20-18(23)19-10-16-5-4-8-24-16/h4-9H,10-12H2,1-3H3,(H2,19,20,23). The molecule has 0 aliphatic carbocycles. The molecule has 0 saturated carbocycles. The predicted octanol–water partition coefficient (Wildman–Crippen LogP) is 2.35. The third kappa shape index (κ3) is 5.15. The smallest absolute Gasteiger partial charge is 0.315 e. The third-order valence-corrected chi connectivity index (χ3v) is 3.73. The Bertz CT molecular complexity index is 696. The molecule has 0 spiro atoms. The molecule has 128 valence electrons. The summed E-state index contributed by atoms with van der Waals surface area (Å²) >= 11 is 0. The van der Waals surface area contributed by atoms with Crippen molar-refractivity contribution < 1.29 is 14.0 Å². The average molecular weight is 329 g/mol. The first kappa shape index (κ1) is 17.6. The van der Waals surface area contributed by atoms with Crippen LogP contribution in [0.2, 0.25) is 0 Å². The van der Waals surface area contributed by atoms with Crippen LogP contribution in [0, 0.1) is 13.8 Å². The summed E-state index contributed by atoms with van der Waals surface area (Å²) < 4.78 is 5.12. The van der Waals surface area contributed by atoms with E-state index in [2.05, 4.69) is 16.7 Å². The summed E-state index contributed by atoms with van der Waals surface area (Å²) in [7, 11) is 1.73. The number of carbonyl (C=O) groups is 2. The number of hydrogen-bond acceptors (Lipinski definition) is 3. The number of aryl methyl sites for hydroxylation is 2. The topological polar surface area (TPSA) is 74.6 Å². The molecule has 3 amide bonds. The van der Waals surface area contributed by atoms with Crippen molar-refractivity contribution in [3.8, 4) is 0 Å². The lowest BCUT2D eigenvalue weighted by Gasteiger charge is -2.19. The van der Waals surface area contributed by atoms with Crippen LogP contribution in [0.1, 0.15) is 22.5 Å². The maximum atomic E-state index is 12.1. The summed E-state index contributed by atoms with van der Waals surface area (Å²) in [4.78, 5) is 25.4. The highest BCUT2D eigenvalue weighted by Gasteiger charge is 2.12. The molecule has 0 saturated heterocycles. The molecule has 2 N–H and O–H groups in total. The minimum atomic E-state index is -0.403. The van der Waals surface area contributed by atoms with Gasteiger partial charge in [0.1, 0.15) is 5.76 Å². The summed E-state index contributed by atoms with van der Waals surface area (Å²) in [5.41, 5.74) is 3.44. The Morgan fingerprint density at radius 2 is 1.96 bits per heavy atom. The zero-order valence-electron chi connectivity index (χ0n) is 14.3. The second-order valence-electron chi connectivity index (χ2n) is 5.80. The minimum absolute atomic E-state index is 0.0502. The summed E-state index contributed by atoms with van der Waals surface area (Å²) in [5.74, 6) is 0.506. The molecule has 1 aromatic carbocycles. The van der Waals surface area contributed by atoms with E-state index in [1.54, 1.807) is 30.3 Å². The molecule has 6 heteroatoms. The molecule has 0 atom stereocenters. The van der Waals surface area contributed by atoms with Gasteiger partial charge < -0.3 is 20.0 Å². The molecule has 1 aromatic heterocycles. The third-order valence-electron chi connectivity index (χ3n) is 3.73. The van der Waals surface area contributed by atoms with E-state index in [0.29, 0.717) is 12.3 Å². The van der Waals surface area contributed by atoms with Crippen molar-refractivity contribution in [2.24, 2.45) is 0 Å². The van der Waals surface area contributed by atoms with Gasteiger partial charge in [-0.3, -0.25) is 4.79 Å². The summed E-state index contributed by atoms with van der Waals surface area (Å²) in [5, 5.41) is 5.18. The van der Waals surface area contributed by atoms with E-state index < -0.39 is 6.03 Å². The van der Waals surface area contributed by atoms with Crippen molar-refractivity contribution in [2.75, 3.05) is 13.6 Å². The van der Waals surface area contributed by atoms with Crippen LogP contribution in [0.4, 0.5) is 4.79 Å². The van der Waals surface area contributed by atoms with E-state index in [0.717, 1.165) is 11.1 Å². The molecule has 0 unspecified atom stereocenters. The van der Waals surface area contributed by atoms with E-state index in [-0.39, 0.29) is 19.0 Å². The Hall–Kier alpha value is -2.76. The lowest BCUT2D eigenvalue weighted by molar-refractivity contribution is -0.129. The zero-order valence-corrected chi connectivity index (χ0v) is 14.3. The molecule has 24 heavy (non-hydrogen) atoms. The predicted molar refractivity (Wildman–Crippen MR) is 91.3 cm³/mol. The molecular formula is C18H23N3O3. The molecule has 1 heterocycles. The Morgan fingerprint density at radius 1 is 1.17 bits per heavy atom. The molecule has 0 aliphatic rings. The van der Waals surface area contributed by atoms with Gasteiger partial charge in [0.15, 0.2) is 0 Å². The lowest BCUT2D eigenvalue weighted by Crippen LogP contribution is -2.42. The number of carbonyl (C=O) groups excluding carboxylic acids is 2. The Kier molecular flexibility index (Phi) is 6.01. The van der Waals surface area contributed by atoms with Gasteiger partial charge in [-0.2, -0.15) is 0 Å². The van der Waals surface area contributed by atoms with Crippen LogP contribution in [0.15, 0.2) is 41.0 Å². The van der Waals surface area contributed by atoms with Gasteiger partial charge >= 0.3 is 6.03 Å². The number of hydrogen-bond donors (Lipinski definition) is 2. The zero-order chi connectivity index (χ0) is 17.5. The fourth-order valence-electron chi connectivity index (χ4n) is 2.30. The van der Waals surface area contributed by atoms with Crippen LogP contribution in [0.25, 0.3) is 0 Å². The van der Waals surface area contributed by atoms with E-state index in [4.69, 9.17) is 4.42 Å². The van der Waals surface area contributed by atoms with E-state index in [9.17, 15) is 9.59 Å². The van der Waals surface area contributed by atoms with Crippen LogP contribution in [0.3, 0.4) is 0 Å². The summed E-state index contributed by atoms with van der Waals surface area (Å²) in [6.07, 6.45) is 1.54. The minimum Gasteiger partial charge on any atom is -0.467 e. The largest absolute Gasteiger partial charge is 0.467 e. The second-order valence-corrected chi connectivity index (χ2v) is 5.80. The number of rotatable bonds is 6. The van der Waals surface area contributed by atoms with Gasteiger partial charge in [-0.1, -0.05) is 23.8 Å². The highest BCUT2D eigenvalue weighted by atomic mass is 16.3. The van der Waals surface area contributed by atoms with Gasteiger partial charge in [0.05, 0.1) is 19.4 Å². The first-order chi connectivity index (χ1) is 11.5. The number of likely N-dealkylation sites (N-methyl/N-ethyl adjacent to an activating group) is 1. The molecule has 0 radical (unpaired) electrons. The van der Waals surface area contributed by atoms with E-state index in [1.807, 2.05) is 26.0 Å².